The molecule has 144 valence electrons. The van der Waals surface area contributed by atoms with Gasteiger partial charge in [-0.05, 0) is 49.4 Å². The standard InChI is InChI=1S/C20H23Cl2N3O2/c1-14(20(26)23-19-8-3-15(21)13-18(19)22)24-9-11-25(12-10-24)16-4-6-17(27-2)7-5-16/h3-8,13-14H,9-12H2,1-2H3,(H,23,26)/p+1/t14-/m1/s1. The lowest BCUT2D eigenvalue weighted by Crippen LogP contribution is -3.19. The number of halogens is 2. The predicted octanol–water partition coefficient (Wildman–Crippen LogP) is 2.73. The minimum atomic E-state index is -0.158. The van der Waals surface area contributed by atoms with Crippen LogP contribution in [-0.2, 0) is 4.79 Å². The number of anilines is 2. The number of rotatable bonds is 5. The second kappa shape index (κ2) is 8.83. The molecule has 3 rings (SSSR count). The van der Waals surface area contributed by atoms with E-state index in [4.69, 9.17) is 27.9 Å². The van der Waals surface area contributed by atoms with Gasteiger partial charge in [-0.2, -0.15) is 0 Å². The normalized spacial score (nSPS) is 16.1. The molecule has 1 aliphatic heterocycles. The molecule has 1 aliphatic rings. The monoisotopic (exact) mass is 408 g/mol. The first-order valence-corrected chi connectivity index (χ1v) is 9.73. The van der Waals surface area contributed by atoms with Gasteiger partial charge in [-0.1, -0.05) is 23.2 Å². The van der Waals surface area contributed by atoms with Crippen molar-refractivity contribution in [2.75, 3.05) is 43.5 Å². The number of quaternary nitrogens is 1. The topological polar surface area (TPSA) is 46.0 Å². The molecule has 1 fully saturated rings. The van der Waals surface area contributed by atoms with E-state index in [1.165, 1.54) is 10.6 Å². The van der Waals surface area contributed by atoms with Crippen molar-refractivity contribution in [1.82, 2.24) is 0 Å². The van der Waals surface area contributed by atoms with E-state index in [0.29, 0.717) is 15.7 Å². The maximum atomic E-state index is 12.6. The molecule has 2 aromatic rings. The number of nitrogens with one attached hydrogen (secondary N) is 2. The molecule has 0 radical (unpaired) electrons. The molecule has 1 amide bonds. The number of hydrogen-bond donors (Lipinski definition) is 2. The number of benzene rings is 2. The Morgan fingerprint density at radius 2 is 1.81 bits per heavy atom. The van der Waals surface area contributed by atoms with Gasteiger partial charge in [0.1, 0.15) is 5.75 Å². The highest BCUT2D eigenvalue weighted by Gasteiger charge is 2.29. The highest BCUT2D eigenvalue weighted by Crippen LogP contribution is 2.25. The Hall–Kier alpha value is -1.95. The smallest absolute Gasteiger partial charge is 0.282 e. The molecule has 0 spiro atoms. The van der Waals surface area contributed by atoms with Crippen LogP contribution in [0.5, 0.6) is 5.75 Å². The molecule has 1 heterocycles. The molecule has 0 saturated carbocycles. The zero-order valence-electron chi connectivity index (χ0n) is 15.5. The molecule has 5 nitrogen and oxygen atoms in total. The maximum Gasteiger partial charge on any atom is 0.282 e. The number of nitrogens with zero attached hydrogens (tertiary/aromatic N) is 1. The Kier molecular flexibility index (Phi) is 6.47. The first kappa shape index (κ1) is 19.8. The van der Waals surface area contributed by atoms with Crippen molar-refractivity contribution in [3.8, 4) is 5.75 Å². The third kappa shape index (κ3) is 4.86. The lowest BCUT2D eigenvalue weighted by Gasteiger charge is -2.36. The summed E-state index contributed by atoms with van der Waals surface area (Å²) in [6, 6.07) is 13.0. The van der Waals surface area contributed by atoms with Gasteiger partial charge in [-0.25, -0.2) is 0 Å². The van der Waals surface area contributed by atoms with Gasteiger partial charge in [0.2, 0.25) is 0 Å². The Morgan fingerprint density at radius 1 is 1.15 bits per heavy atom. The van der Waals surface area contributed by atoms with Crippen molar-refractivity contribution in [2.45, 2.75) is 13.0 Å². The van der Waals surface area contributed by atoms with Crippen LogP contribution in [0, 0.1) is 0 Å². The van der Waals surface area contributed by atoms with Crippen LogP contribution in [0.25, 0.3) is 0 Å². The number of amides is 1. The summed E-state index contributed by atoms with van der Waals surface area (Å²) in [6.07, 6.45) is 0. The second-order valence-electron chi connectivity index (χ2n) is 6.68. The molecule has 0 unspecified atom stereocenters. The zero-order chi connectivity index (χ0) is 19.4. The lowest BCUT2D eigenvalue weighted by molar-refractivity contribution is -0.914. The number of carbonyl (C=O) groups is 1. The second-order valence-corrected chi connectivity index (χ2v) is 7.52. The van der Waals surface area contributed by atoms with Gasteiger partial charge < -0.3 is 19.9 Å². The van der Waals surface area contributed by atoms with Crippen LogP contribution in [-0.4, -0.2) is 45.2 Å². The zero-order valence-corrected chi connectivity index (χ0v) is 17.0. The first-order chi connectivity index (χ1) is 13.0. The number of piperazine rings is 1. The molecule has 2 N–H and O–H groups in total. The summed E-state index contributed by atoms with van der Waals surface area (Å²) in [6.45, 7) is 5.56. The van der Waals surface area contributed by atoms with E-state index in [1.807, 2.05) is 19.1 Å². The summed E-state index contributed by atoms with van der Waals surface area (Å²) < 4.78 is 5.21. The molecule has 7 heteroatoms. The highest BCUT2D eigenvalue weighted by molar-refractivity contribution is 6.36. The van der Waals surface area contributed by atoms with E-state index in [9.17, 15) is 4.79 Å². The van der Waals surface area contributed by atoms with Crippen molar-refractivity contribution in [2.24, 2.45) is 0 Å². The molecule has 1 saturated heterocycles. The minimum Gasteiger partial charge on any atom is -0.497 e. The molecule has 0 aromatic heterocycles. The molecule has 1 atom stereocenters. The fourth-order valence-electron chi connectivity index (χ4n) is 3.30. The van der Waals surface area contributed by atoms with Crippen LogP contribution in [0.3, 0.4) is 0 Å². The maximum absolute atomic E-state index is 12.6. The lowest BCUT2D eigenvalue weighted by atomic mass is 10.2. The van der Waals surface area contributed by atoms with Crippen LogP contribution >= 0.6 is 23.2 Å². The van der Waals surface area contributed by atoms with Gasteiger partial charge in [0.25, 0.3) is 5.91 Å². The van der Waals surface area contributed by atoms with E-state index in [-0.39, 0.29) is 11.9 Å². The Balaban J connectivity index is 1.55. The SMILES string of the molecule is COc1ccc(N2CC[NH+]([C@H](C)C(=O)Nc3ccc(Cl)cc3Cl)CC2)cc1. The molecular formula is C20H24Cl2N3O2+. The van der Waals surface area contributed by atoms with Crippen LogP contribution in [0.2, 0.25) is 10.0 Å². The minimum absolute atomic E-state index is 0.0351. The van der Waals surface area contributed by atoms with Gasteiger partial charge in [0.05, 0.1) is 44.0 Å². The van der Waals surface area contributed by atoms with Gasteiger partial charge in [-0.15, -0.1) is 0 Å². The van der Waals surface area contributed by atoms with Crippen LogP contribution in [0.1, 0.15) is 6.92 Å². The third-order valence-corrected chi connectivity index (χ3v) is 5.59. The molecule has 27 heavy (non-hydrogen) atoms. The molecule has 0 aliphatic carbocycles. The third-order valence-electron chi connectivity index (χ3n) is 5.04. The number of methoxy groups -OCH3 is 1. The first-order valence-electron chi connectivity index (χ1n) is 8.97. The van der Waals surface area contributed by atoms with Crippen molar-refractivity contribution < 1.29 is 14.4 Å². The van der Waals surface area contributed by atoms with Crippen molar-refractivity contribution in [3.63, 3.8) is 0 Å². The number of carbonyl (C=O) groups excluding carboxylic acids is 1. The average Bonchev–Trinajstić information content (AvgIpc) is 2.69. The average molecular weight is 409 g/mol. The fourth-order valence-corrected chi connectivity index (χ4v) is 3.75. The van der Waals surface area contributed by atoms with E-state index in [0.717, 1.165) is 31.9 Å². The molecular weight excluding hydrogens is 385 g/mol. The van der Waals surface area contributed by atoms with Crippen molar-refractivity contribution in [1.29, 1.82) is 0 Å². The van der Waals surface area contributed by atoms with Gasteiger partial charge in [-0.3, -0.25) is 4.79 Å². The summed E-state index contributed by atoms with van der Waals surface area (Å²) in [5, 5.41) is 3.91. The quantitative estimate of drug-likeness (QED) is 0.799. The number of hydrogen-bond acceptors (Lipinski definition) is 3. The summed E-state index contributed by atoms with van der Waals surface area (Å²) in [5.74, 6) is 0.821. The van der Waals surface area contributed by atoms with E-state index in [1.54, 1.807) is 25.3 Å². The van der Waals surface area contributed by atoms with E-state index in [2.05, 4.69) is 22.3 Å². The predicted molar refractivity (Wildman–Crippen MR) is 110 cm³/mol. The molecule has 2 aromatic carbocycles. The van der Waals surface area contributed by atoms with Crippen LogP contribution < -0.4 is 19.9 Å². The summed E-state index contributed by atoms with van der Waals surface area (Å²) in [4.78, 5) is 16.2. The molecule has 0 bridgehead atoms. The van der Waals surface area contributed by atoms with Crippen LogP contribution in [0.4, 0.5) is 11.4 Å². The fraction of sp³-hybridized carbons (Fsp3) is 0.350. The summed E-state index contributed by atoms with van der Waals surface area (Å²) >= 11 is 12.1. The Labute approximate surface area is 169 Å². The largest absolute Gasteiger partial charge is 0.497 e. The van der Waals surface area contributed by atoms with Crippen LogP contribution in [0.15, 0.2) is 42.5 Å². The van der Waals surface area contributed by atoms with Gasteiger partial charge in [0.15, 0.2) is 6.04 Å². The van der Waals surface area contributed by atoms with Crippen molar-refractivity contribution >= 4 is 40.5 Å². The highest BCUT2D eigenvalue weighted by atomic mass is 35.5. The van der Waals surface area contributed by atoms with Gasteiger partial charge in [0, 0.05) is 10.7 Å². The Bertz CT molecular complexity index is 790. The van der Waals surface area contributed by atoms with Gasteiger partial charge >= 0.3 is 0 Å². The van der Waals surface area contributed by atoms with Crippen molar-refractivity contribution in [3.05, 3.63) is 52.5 Å². The summed E-state index contributed by atoms with van der Waals surface area (Å²) in [7, 11) is 1.67. The summed E-state index contributed by atoms with van der Waals surface area (Å²) in [5.41, 5.74) is 1.77. The Morgan fingerprint density at radius 3 is 2.41 bits per heavy atom. The van der Waals surface area contributed by atoms with E-state index < -0.39 is 0 Å². The number of ether oxygens (including phenoxy) is 1. The van der Waals surface area contributed by atoms with E-state index >= 15 is 0 Å².